The highest BCUT2D eigenvalue weighted by molar-refractivity contribution is 6.33. The van der Waals surface area contributed by atoms with Crippen LogP contribution < -0.4 is 5.73 Å². The molecule has 1 aromatic carbocycles. The van der Waals surface area contributed by atoms with E-state index in [1.165, 1.54) is 0 Å². The number of rotatable bonds is 3. The summed E-state index contributed by atoms with van der Waals surface area (Å²) in [4.78, 5) is 6.42. The summed E-state index contributed by atoms with van der Waals surface area (Å²) in [5.74, 6) is 1.10. The second-order valence-electron chi connectivity index (χ2n) is 4.93. The quantitative estimate of drug-likeness (QED) is 0.926. The molecule has 0 aromatic heterocycles. The molecule has 0 amide bonds. The van der Waals surface area contributed by atoms with Crippen molar-refractivity contribution in [2.45, 2.75) is 19.9 Å². The number of benzene rings is 1. The molecule has 0 fully saturated rings. The number of nitrogens with zero attached hydrogens (tertiary/aromatic N) is 2. The summed E-state index contributed by atoms with van der Waals surface area (Å²) >= 11 is 12.3. The molecule has 2 rings (SSSR count). The summed E-state index contributed by atoms with van der Waals surface area (Å²) in [6, 6.07) is 5.61. The zero-order chi connectivity index (χ0) is 13.3. The van der Waals surface area contributed by atoms with Crippen LogP contribution in [0.2, 0.25) is 10.0 Å². The lowest BCUT2D eigenvalue weighted by atomic mass is 10.0. The molecular weight excluding hydrogens is 269 g/mol. The summed E-state index contributed by atoms with van der Waals surface area (Å²) in [7, 11) is 0. The van der Waals surface area contributed by atoms with E-state index < -0.39 is 0 Å². The maximum atomic E-state index is 6.25. The Morgan fingerprint density at radius 1 is 1.44 bits per heavy atom. The average Bonchev–Trinajstić information content (AvgIpc) is 2.64. The molecule has 0 bridgehead atoms. The largest absolute Gasteiger partial charge is 0.370 e. The van der Waals surface area contributed by atoms with Crippen LogP contribution in [0.3, 0.4) is 0 Å². The van der Waals surface area contributed by atoms with Crippen molar-refractivity contribution in [3.63, 3.8) is 0 Å². The Kier molecular flexibility index (Phi) is 4.03. The van der Waals surface area contributed by atoms with Crippen molar-refractivity contribution in [1.82, 2.24) is 4.90 Å². The third-order valence-corrected chi connectivity index (χ3v) is 3.55. The van der Waals surface area contributed by atoms with Gasteiger partial charge in [-0.25, -0.2) is 0 Å². The molecule has 5 heteroatoms. The Labute approximate surface area is 118 Å². The van der Waals surface area contributed by atoms with Crippen LogP contribution in [0, 0.1) is 5.92 Å². The Bertz CT molecular complexity index is 471. The minimum absolute atomic E-state index is 0.0959. The van der Waals surface area contributed by atoms with Gasteiger partial charge in [-0.2, -0.15) is 0 Å². The molecule has 0 spiro atoms. The second kappa shape index (κ2) is 5.37. The fourth-order valence-corrected chi connectivity index (χ4v) is 2.60. The van der Waals surface area contributed by atoms with Gasteiger partial charge in [0.25, 0.3) is 0 Å². The number of nitrogens with two attached hydrogens (primary N) is 1. The fraction of sp³-hybridized carbons (Fsp3) is 0.462. The summed E-state index contributed by atoms with van der Waals surface area (Å²) < 4.78 is 0. The zero-order valence-electron chi connectivity index (χ0n) is 10.5. The highest BCUT2D eigenvalue weighted by atomic mass is 35.5. The van der Waals surface area contributed by atoms with E-state index in [2.05, 4.69) is 23.7 Å². The molecule has 98 valence electrons. The van der Waals surface area contributed by atoms with Crippen molar-refractivity contribution in [1.29, 1.82) is 0 Å². The molecule has 2 N–H and O–H groups in total. The third kappa shape index (κ3) is 2.73. The summed E-state index contributed by atoms with van der Waals surface area (Å²) in [6.07, 6.45) is 0. The molecule has 1 unspecified atom stereocenters. The van der Waals surface area contributed by atoms with E-state index in [0.717, 1.165) is 12.1 Å². The molecule has 1 aliphatic rings. The third-order valence-electron chi connectivity index (χ3n) is 2.98. The first-order chi connectivity index (χ1) is 8.49. The molecule has 1 heterocycles. The highest BCUT2D eigenvalue weighted by Crippen LogP contribution is 2.33. The molecule has 0 saturated heterocycles. The molecule has 0 radical (unpaired) electrons. The molecule has 3 nitrogen and oxygen atoms in total. The first kappa shape index (κ1) is 13.5. The minimum atomic E-state index is 0.0959. The fourth-order valence-electron chi connectivity index (χ4n) is 2.18. The molecule has 1 aliphatic heterocycles. The van der Waals surface area contributed by atoms with Gasteiger partial charge < -0.3 is 10.6 Å². The molecule has 18 heavy (non-hydrogen) atoms. The Balaban J connectivity index is 2.30. The van der Waals surface area contributed by atoms with Crippen LogP contribution in [0.4, 0.5) is 0 Å². The Morgan fingerprint density at radius 3 is 2.83 bits per heavy atom. The van der Waals surface area contributed by atoms with Crippen LogP contribution >= 0.6 is 23.2 Å². The van der Waals surface area contributed by atoms with Gasteiger partial charge in [-0.15, -0.1) is 0 Å². The lowest BCUT2D eigenvalue weighted by Gasteiger charge is -2.28. The summed E-state index contributed by atoms with van der Waals surface area (Å²) in [6.45, 7) is 5.81. The lowest BCUT2D eigenvalue weighted by Crippen LogP contribution is -2.38. The minimum Gasteiger partial charge on any atom is -0.370 e. The Hall–Kier alpha value is -0.930. The van der Waals surface area contributed by atoms with Crippen LogP contribution in [-0.4, -0.2) is 23.9 Å². The topological polar surface area (TPSA) is 41.6 Å². The predicted octanol–water partition coefficient (Wildman–Crippen LogP) is 3.32. The monoisotopic (exact) mass is 285 g/mol. The normalized spacial score (nSPS) is 19.5. The van der Waals surface area contributed by atoms with Crippen molar-refractivity contribution in [2.24, 2.45) is 16.6 Å². The number of guanidine groups is 1. The molecule has 0 saturated carbocycles. The molecule has 1 aromatic rings. The number of halogens is 2. The maximum Gasteiger partial charge on any atom is 0.191 e. The summed E-state index contributed by atoms with van der Waals surface area (Å²) in [5, 5.41) is 1.40. The number of aliphatic imine (C=N–C) groups is 1. The highest BCUT2D eigenvalue weighted by Gasteiger charge is 2.29. The molecule has 0 aliphatic carbocycles. The van der Waals surface area contributed by atoms with E-state index in [-0.39, 0.29) is 6.04 Å². The van der Waals surface area contributed by atoms with Crippen LogP contribution in [0.15, 0.2) is 23.2 Å². The number of hydrogen-bond acceptors (Lipinski definition) is 3. The van der Waals surface area contributed by atoms with E-state index in [1.54, 1.807) is 6.07 Å². The van der Waals surface area contributed by atoms with Crippen LogP contribution in [0.1, 0.15) is 25.5 Å². The van der Waals surface area contributed by atoms with Gasteiger partial charge in [0.2, 0.25) is 0 Å². The van der Waals surface area contributed by atoms with E-state index >= 15 is 0 Å². The standard InChI is InChI=1S/C13H17Cl2N3/c1-8(2)7-18-12(6-17-13(18)16)10-5-9(14)3-4-11(10)15/h3-5,8,12H,6-7H2,1-2H3,(H2,16,17). The van der Waals surface area contributed by atoms with Crippen molar-refractivity contribution >= 4 is 29.2 Å². The predicted molar refractivity (Wildman–Crippen MR) is 77.2 cm³/mol. The van der Waals surface area contributed by atoms with Crippen molar-refractivity contribution in [3.8, 4) is 0 Å². The SMILES string of the molecule is CC(C)CN1C(N)=NCC1c1cc(Cl)ccc1Cl. The zero-order valence-corrected chi connectivity index (χ0v) is 12.0. The van der Waals surface area contributed by atoms with Crippen LogP contribution in [-0.2, 0) is 0 Å². The Morgan fingerprint density at radius 2 is 2.17 bits per heavy atom. The van der Waals surface area contributed by atoms with Crippen molar-refractivity contribution in [2.75, 3.05) is 13.1 Å². The summed E-state index contributed by atoms with van der Waals surface area (Å²) in [5.41, 5.74) is 6.94. The van der Waals surface area contributed by atoms with E-state index in [0.29, 0.717) is 28.5 Å². The van der Waals surface area contributed by atoms with Gasteiger partial charge in [-0.3, -0.25) is 4.99 Å². The van der Waals surface area contributed by atoms with Gasteiger partial charge in [0.15, 0.2) is 5.96 Å². The van der Waals surface area contributed by atoms with Crippen LogP contribution in [0.25, 0.3) is 0 Å². The first-order valence-corrected chi connectivity index (χ1v) is 6.76. The van der Waals surface area contributed by atoms with Gasteiger partial charge in [0.05, 0.1) is 12.6 Å². The second-order valence-corrected chi connectivity index (χ2v) is 5.77. The van der Waals surface area contributed by atoms with Gasteiger partial charge in [-0.1, -0.05) is 37.0 Å². The van der Waals surface area contributed by atoms with Gasteiger partial charge in [0, 0.05) is 16.6 Å². The first-order valence-electron chi connectivity index (χ1n) is 6.00. The van der Waals surface area contributed by atoms with Crippen molar-refractivity contribution < 1.29 is 0 Å². The van der Waals surface area contributed by atoms with E-state index in [4.69, 9.17) is 28.9 Å². The van der Waals surface area contributed by atoms with Gasteiger partial charge >= 0.3 is 0 Å². The van der Waals surface area contributed by atoms with Gasteiger partial charge in [0.1, 0.15) is 0 Å². The van der Waals surface area contributed by atoms with E-state index in [1.807, 2.05) is 12.1 Å². The smallest absolute Gasteiger partial charge is 0.191 e. The lowest BCUT2D eigenvalue weighted by molar-refractivity contribution is 0.309. The maximum absolute atomic E-state index is 6.25. The van der Waals surface area contributed by atoms with Crippen molar-refractivity contribution in [3.05, 3.63) is 33.8 Å². The average molecular weight is 286 g/mol. The van der Waals surface area contributed by atoms with E-state index in [9.17, 15) is 0 Å². The number of hydrogen-bond donors (Lipinski definition) is 1. The van der Waals surface area contributed by atoms with Gasteiger partial charge in [-0.05, 0) is 29.7 Å². The molecular formula is C13H17Cl2N3. The van der Waals surface area contributed by atoms with Crippen LogP contribution in [0.5, 0.6) is 0 Å². The molecule has 1 atom stereocenters.